The number of aryl methyl sites for hydroxylation is 1. The summed E-state index contributed by atoms with van der Waals surface area (Å²) in [7, 11) is 0. The van der Waals surface area contributed by atoms with E-state index < -0.39 is 0 Å². The maximum atomic E-state index is 5.30. The normalized spacial score (nSPS) is 11.1. The summed E-state index contributed by atoms with van der Waals surface area (Å²) in [6.45, 7) is 6.19. The number of anilines is 1. The van der Waals surface area contributed by atoms with E-state index in [1.54, 1.807) is 11.8 Å². The molecule has 0 atom stereocenters. The first kappa shape index (κ1) is 15.9. The van der Waals surface area contributed by atoms with Gasteiger partial charge in [0.2, 0.25) is 16.8 Å². The molecule has 0 aliphatic carbocycles. The molecular formula is C15H17N5OS2. The summed E-state index contributed by atoms with van der Waals surface area (Å²) < 4.78 is 6.18. The smallest absolute Gasteiger partial charge is 0.237 e. The Morgan fingerprint density at radius 2 is 2.00 bits per heavy atom. The Hall–Kier alpha value is -1.93. The van der Waals surface area contributed by atoms with E-state index in [9.17, 15) is 0 Å². The van der Waals surface area contributed by atoms with Crippen LogP contribution in [0.25, 0.3) is 11.4 Å². The van der Waals surface area contributed by atoms with Crippen LogP contribution in [0.3, 0.4) is 0 Å². The van der Waals surface area contributed by atoms with Gasteiger partial charge in [-0.05, 0) is 20.8 Å². The summed E-state index contributed by atoms with van der Waals surface area (Å²) in [6.07, 6.45) is 0. The molecule has 0 bridgehead atoms. The van der Waals surface area contributed by atoms with Crippen molar-refractivity contribution in [3.63, 3.8) is 0 Å². The molecule has 0 saturated heterocycles. The van der Waals surface area contributed by atoms with Crippen molar-refractivity contribution in [2.45, 2.75) is 36.9 Å². The molecule has 0 saturated carbocycles. The molecular weight excluding hydrogens is 330 g/mol. The minimum absolute atomic E-state index is 0.341. The maximum Gasteiger partial charge on any atom is 0.237 e. The second-order valence-electron chi connectivity index (χ2n) is 5.34. The Kier molecular flexibility index (Phi) is 4.92. The summed E-state index contributed by atoms with van der Waals surface area (Å²) in [5.74, 6) is 1.77. The van der Waals surface area contributed by atoms with Gasteiger partial charge in [0, 0.05) is 11.6 Å². The summed E-state index contributed by atoms with van der Waals surface area (Å²) >= 11 is 3.07. The molecule has 6 nitrogen and oxygen atoms in total. The highest BCUT2D eigenvalue weighted by Crippen LogP contribution is 2.28. The molecule has 0 aliphatic rings. The van der Waals surface area contributed by atoms with E-state index in [-0.39, 0.29) is 0 Å². The number of nitrogens with one attached hydrogen (secondary N) is 1. The third kappa shape index (κ3) is 4.29. The van der Waals surface area contributed by atoms with Crippen molar-refractivity contribution in [1.82, 2.24) is 20.3 Å². The van der Waals surface area contributed by atoms with Crippen LogP contribution in [-0.2, 0) is 5.75 Å². The third-order valence-corrected chi connectivity index (χ3v) is 4.89. The first-order chi connectivity index (χ1) is 11.1. The first-order valence-corrected chi connectivity index (χ1v) is 9.03. The van der Waals surface area contributed by atoms with Crippen molar-refractivity contribution in [2.24, 2.45) is 0 Å². The Balaban J connectivity index is 1.61. The predicted octanol–water partition coefficient (Wildman–Crippen LogP) is 4.01. The van der Waals surface area contributed by atoms with Crippen LogP contribution in [0.1, 0.15) is 25.3 Å². The lowest BCUT2D eigenvalue weighted by Gasteiger charge is -2.02. The number of aromatic nitrogens is 4. The molecule has 1 N–H and O–H groups in total. The standard InChI is InChI=1S/C15H17N5OS2/c1-9(2)16-14-18-19-15(23-14)22-8-12-17-13(20-21-12)11-6-4-10(3)5-7-11/h4-7,9H,8H2,1-3H3,(H,16,18). The summed E-state index contributed by atoms with van der Waals surface area (Å²) in [5.41, 5.74) is 2.16. The lowest BCUT2D eigenvalue weighted by molar-refractivity contribution is 0.391. The molecule has 8 heteroatoms. The van der Waals surface area contributed by atoms with Crippen LogP contribution in [-0.4, -0.2) is 26.4 Å². The molecule has 0 radical (unpaired) electrons. The second-order valence-corrected chi connectivity index (χ2v) is 7.54. The van der Waals surface area contributed by atoms with E-state index in [0.29, 0.717) is 23.5 Å². The lowest BCUT2D eigenvalue weighted by Crippen LogP contribution is -2.08. The maximum absolute atomic E-state index is 5.30. The number of rotatable bonds is 6. The number of benzene rings is 1. The van der Waals surface area contributed by atoms with Gasteiger partial charge < -0.3 is 9.84 Å². The fourth-order valence-electron chi connectivity index (χ4n) is 1.83. The highest BCUT2D eigenvalue weighted by molar-refractivity contribution is 8.00. The van der Waals surface area contributed by atoms with Crippen LogP contribution in [0.5, 0.6) is 0 Å². The van der Waals surface area contributed by atoms with E-state index in [2.05, 4.69) is 39.5 Å². The lowest BCUT2D eigenvalue weighted by atomic mass is 10.1. The highest BCUT2D eigenvalue weighted by atomic mass is 32.2. The fraction of sp³-hybridized carbons (Fsp3) is 0.333. The summed E-state index contributed by atoms with van der Waals surface area (Å²) in [4.78, 5) is 4.42. The van der Waals surface area contributed by atoms with Gasteiger partial charge in [-0.3, -0.25) is 0 Å². The summed E-state index contributed by atoms with van der Waals surface area (Å²) in [5, 5.41) is 16.3. The third-order valence-electron chi connectivity index (χ3n) is 2.92. The molecule has 0 spiro atoms. The molecule has 0 unspecified atom stereocenters. The monoisotopic (exact) mass is 347 g/mol. The van der Waals surface area contributed by atoms with Crippen LogP contribution in [0, 0.1) is 6.92 Å². The average Bonchev–Trinajstić information content (AvgIpc) is 3.14. The van der Waals surface area contributed by atoms with E-state index in [0.717, 1.165) is 15.0 Å². The Labute approximate surface area is 142 Å². The highest BCUT2D eigenvalue weighted by Gasteiger charge is 2.11. The van der Waals surface area contributed by atoms with Crippen LogP contribution < -0.4 is 5.32 Å². The average molecular weight is 347 g/mol. The van der Waals surface area contributed by atoms with Gasteiger partial charge in [-0.1, -0.05) is 58.1 Å². The van der Waals surface area contributed by atoms with Gasteiger partial charge in [0.05, 0.1) is 5.75 Å². The second kappa shape index (κ2) is 7.10. The Bertz CT molecular complexity index is 766. The number of nitrogens with zero attached hydrogens (tertiary/aromatic N) is 4. The molecule has 0 aliphatic heterocycles. The van der Waals surface area contributed by atoms with Crippen LogP contribution in [0.15, 0.2) is 33.1 Å². The molecule has 0 amide bonds. The number of thioether (sulfide) groups is 1. The van der Waals surface area contributed by atoms with Crippen LogP contribution >= 0.6 is 23.1 Å². The van der Waals surface area contributed by atoms with E-state index in [1.165, 1.54) is 16.9 Å². The van der Waals surface area contributed by atoms with Gasteiger partial charge >= 0.3 is 0 Å². The van der Waals surface area contributed by atoms with Crippen molar-refractivity contribution >= 4 is 28.2 Å². The molecule has 120 valence electrons. The molecule has 2 heterocycles. The molecule has 0 fully saturated rings. The first-order valence-electron chi connectivity index (χ1n) is 7.22. The van der Waals surface area contributed by atoms with Gasteiger partial charge in [0.25, 0.3) is 0 Å². The topological polar surface area (TPSA) is 76.7 Å². The van der Waals surface area contributed by atoms with Gasteiger partial charge in [0.1, 0.15) is 0 Å². The fourth-order valence-corrected chi connectivity index (χ4v) is 3.57. The van der Waals surface area contributed by atoms with Crippen molar-refractivity contribution in [1.29, 1.82) is 0 Å². The number of hydrogen-bond donors (Lipinski definition) is 1. The van der Waals surface area contributed by atoms with Gasteiger partial charge in [-0.15, -0.1) is 10.2 Å². The van der Waals surface area contributed by atoms with Crippen molar-refractivity contribution in [2.75, 3.05) is 5.32 Å². The van der Waals surface area contributed by atoms with Crippen LogP contribution in [0.2, 0.25) is 0 Å². The Morgan fingerprint density at radius 1 is 1.22 bits per heavy atom. The van der Waals surface area contributed by atoms with Crippen molar-refractivity contribution in [3.05, 3.63) is 35.7 Å². The molecule has 1 aromatic carbocycles. The predicted molar refractivity (Wildman–Crippen MR) is 92.7 cm³/mol. The van der Waals surface area contributed by atoms with Gasteiger partial charge in [0.15, 0.2) is 4.34 Å². The number of hydrogen-bond acceptors (Lipinski definition) is 8. The van der Waals surface area contributed by atoms with Crippen LogP contribution in [0.4, 0.5) is 5.13 Å². The SMILES string of the molecule is Cc1ccc(-c2noc(CSc3nnc(NC(C)C)s3)n2)cc1. The van der Waals surface area contributed by atoms with Crippen molar-refractivity contribution < 1.29 is 4.52 Å². The molecule has 2 aromatic heterocycles. The molecule has 3 aromatic rings. The zero-order chi connectivity index (χ0) is 16.2. The minimum atomic E-state index is 0.341. The minimum Gasteiger partial charge on any atom is -0.358 e. The molecule has 3 rings (SSSR count). The zero-order valence-electron chi connectivity index (χ0n) is 13.1. The van der Waals surface area contributed by atoms with Gasteiger partial charge in [-0.2, -0.15) is 4.98 Å². The Morgan fingerprint density at radius 3 is 2.74 bits per heavy atom. The van der Waals surface area contributed by atoms with E-state index >= 15 is 0 Å². The van der Waals surface area contributed by atoms with E-state index in [4.69, 9.17) is 4.52 Å². The molecule has 23 heavy (non-hydrogen) atoms. The largest absolute Gasteiger partial charge is 0.358 e. The van der Waals surface area contributed by atoms with E-state index in [1.807, 2.05) is 31.2 Å². The summed E-state index contributed by atoms with van der Waals surface area (Å²) in [6, 6.07) is 8.39. The van der Waals surface area contributed by atoms with Gasteiger partial charge in [-0.25, -0.2) is 0 Å². The quantitative estimate of drug-likeness (QED) is 0.675. The zero-order valence-corrected chi connectivity index (χ0v) is 14.7. The van der Waals surface area contributed by atoms with Crippen molar-refractivity contribution in [3.8, 4) is 11.4 Å².